The number of rotatable bonds is 7. The van der Waals surface area contributed by atoms with Gasteiger partial charge < -0.3 is 20.7 Å². The van der Waals surface area contributed by atoms with Crippen LogP contribution in [0.5, 0.6) is 5.75 Å². The van der Waals surface area contributed by atoms with Gasteiger partial charge in [0, 0.05) is 33.0 Å². The molecule has 0 saturated carbocycles. The Labute approximate surface area is 126 Å². The Morgan fingerprint density at radius 2 is 2.00 bits per heavy atom. The van der Waals surface area contributed by atoms with Crippen LogP contribution in [0.4, 0.5) is 0 Å². The molecule has 0 radical (unpaired) electrons. The molecular weight excluding hydrogens is 270 g/mol. The largest absolute Gasteiger partial charge is 0.432 e. The zero-order valence-electron chi connectivity index (χ0n) is 12.1. The van der Waals surface area contributed by atoms with E-state index in [1.165, 1.54) is 11.8 Å². The molecular formula is C15H23N3OS. The maximum Gasteiger partial charge on any atom is 0.264 e. The highest BCUT2D eigenvalue weighted by Gasteiger charge is 2.02. The lowest BCUT2D eigenvalue weighted by Gasteiger charge is -2.14. The molecule has 0 saturated heterocycles. The van der Waals surface area contributed by atoms with Crippen molar-refractivity contribution in [2.24, 2.45) is 5.73 Å². The minimum atomic E-state index is 0.469. The molecule has 0 aromatic heterocycles. The second-order valence-corrected chi connectivity index (χ2v) is 5.03. The number of nitrogens with two attached hydrogens (primary N) is 1. The van der Waals surface area contributed by atoms with Crippen molar-refractivity contribution in [3.8, 4) is 5.75 Å². The SMILES string of the molecule is CN(C)C(=S)Oc1ccc(CCCCN/C=C\N)cc1. The Morgan fingerprint density at radius 1 is 1.30 bits per heavy atom. The topological polar surface area (TPSA) is 50.5 Å². The first-order chi connectivity index (χ1) is 9.63. The maximum atomic E-state index is 5.53. The smallest absolute Gasteiger partial charge is 0.264 e. The third kappa shape index (κ3) is 6.43. The molecule has 1 aromatic rings. The van der Waals surface area contributed by atoms with Gasteiger partial charge in [-0.1, -0.05) is 12.1 Å². The molecule has 0 atom stereocenters. The van der Waals surface area contributed by atoms with Crippen molar-refractivity contribution in [1.29, 1.82) is 0 Å². The van der Waals surface area contributed by atoms with Crippen LogP contribution in [-0.4, -0.2) is 30.7 Å². The predicted octanol–water partition coefficient (Wildman–Crippen LogP) is 2.25. The fraction of sp³-hybridized carbons (Fsp3) is 0.400. The Morgan fingerprint density at radius 3 is 2.60 bits per heavy atom. The number of hydrogen-bond donors (Lipinski definition) is 2. The zero-order chi connectivity index (χ0) is 14.8. The lowest BCUT2D eigenvalue weighted by Crippen LogP contribution is -2.24. The van der Waals surface area contributed by atoms with Crippen LogP contribution in [0.15, 0.2) is 36.7 Å². The van der Waals surface area contributed by atoms with E-state index in [4.69, 9.17) is 22.7 Å². The summed E-state index contributed by atoms with van der Waals surface area (Å²) in [6.07, 6.45) is 6.60. The summed E-state index contributed by atoms with van der Waals surface area (Å²) in [5.74, 6) is 0.780. The second-order valence-electron chi connectivity index (χ2n) is 4.68. The molecule has 0 bridgehead atoms. The zero-order valence-corrected chi connectivity index (χ0v) is 13.0. The first kappa shape index (κ1) is 16.3. The van der Waals surface area contributed by atoms with E-state index in [1.807, 2.05) is 26.2 Å². The molecule has 3 N–H and O–H groups in total. The van der Waals surface area contributed by atoms with Crippen molar-refractivity contribution in [1.82, 2.24) is 10.2 Å². The molecule has 0 heterocycles. The summed E-state index contributed by atoms with van der Waals surface area (Å²) in [6.45, 7) is 0.950. The van der Waals surface area contributed by atoms with E-state index >= 15 is 0 Å². The Hall–Kier alpha value is -1.75. The van der Waals surface area contributed by atoms with Gasteiger partial charge in [-0.25, -0.2) is 0 Å². The lowest BCUT2D eigenvalue weighted by molar-refractivity contribution is 0.449. The van der Waals surface area contributed by atoms with E-state index in [9.17, 15) is 0 Å². The highest BCUT2D eigenvalue weighted by Crippen LogP contribution is 2.14. The van der Waals surface area contributed by atoms with Crippen molar-refractivity contribution < 1.29 is 4.74 Å². The van der Waals surface area contributed by atoms with Crippen LogP contribution in [0.3, 0.4) is 0 Å². The number of ether oxygens (including phenoxy) is 1. The highest BCUT2D eigenvalue weighted by atomic mass is 32.1. The number of benzene rings is 1. The van der Waals surface area contributed by atoms with E-state index in [0.29, 0.717) is 5.17 Å². The van der Waals surface area contributed by atoms with Crippen molar-refractivity contribution in [2.45, 2.75) is 19.3 Å². The van der Waals surface area contributed by atoms with E-state index in [2.05, 4.69) is 17.4 Å². The Balaban J connectivity index is 2.30. The Kier molecular flexibility index (Phi) is 7.50. The fourth-order valence-electron chi connectivity index (χ4n) is 1.62. The standard InChI is InChI=1S/C15H23N3OS/c1-18(2)15(20)19-14-8-6-13(7-9-14)5-3-4-11-17-12-10-16/h6-10,12,17H,3-5,11,16H2,1-2H3/b12-10-. The molecule has 110 valence electrons. The molecule has 1 aromatic carbocycles. The predicted molar refractivity (Wildman–Crippen MR) is 87.6 cm³/mol. The average molecular weight is 293 g/mol. The van der Waals surface area contributed by atoms with Crippen LogP contribution < -0.4 is 15.8 Å². The summed E-state index contributed by atoms with van der Waals surface area (Å²) in [6, 6.07) is 8.09. The van der Waals surface area contributed by atoms with Crippen molar-refractivity contribution in [3.63, 3.8) is 0 Å². The molecule has 0 amide bonds. The van der Waals surface area contributed by atoms with Crippen LogP contribution in [0, 0.1) is 0 Å². The first-order valence-corrected chi connectivity index (χ1v) is 7.12. The molecule has 0 aliphatic heterocycles. The van der Waals surface area contributed by atoms with Crippen molar-refractivity contribution in [3.05, 3.63) is 42.2 Å². The number of nitrogens with zero attached hydrogens (tertiary/aromatic N) is 1. The summed E-state index contributed by atoms with van der Waals surface area (Å²) in [5.41, 5.74) is 6.54. The maximum absolute atomic E-state index is 5.53. The molecule has 0 unspecified atom stereocenters. The van der Waals surface area contributed by atoms with E-state index in [1.54, 1.807) is 11.1 Å². The van der Waals surface area contributed by atoms with Crippen LogP contribution in [0.1, 0.15) is 18.4 Å². The number of aryl methyl sites for hydroxylation is 1. The summed E-state index contributed by atoms with van der Waals surface area (Å²) < 4.78 is 5.53. The molecule has 0 fully saturated rings. The number of nitrogens with one attached hydrogen (secondary N) is 1. The van der Waals surface area contributed by atoms with E-state index in [0.717, 1.165) is 31.6 Å². The third-order valence-corrected chi connectivity index (χ3v) is 3.19. The van der Waals surface area contributed by atoms with Crippen LogP contribution in [0.2, 0.25) is 0 Å². The van der Waals surface area contributed by atoms with Gasteiger partial charge in [-0.2, -0.15) is 0 Å². The van der Waals surface area contributed by atoms with Crippen molar-refractivity contribution in [2.75, 3.05) is 20.6 Å². The monoisotopic (exact) mass is 293 g/mol. The molecule has 5 heteroatoms. The van der Waals surface area contributed by atoms with Gasteiger partial charge in [-0.3, -0.25) is 0 Å². The van der Waals surface area contributed by atoms with Crippen LogP contribution in [-0.2, 0) is 6.42 Å². The first-order valence-electron chi connectivity index (χ1n) is 6.71. The van der Waals surface area contributed by atoms with E-state index < -0.39 is 0 Å². The Bertz CT molecular complexity index is 429. The molecule has 4 nitrogen and oxygen atoms in total. The van der Waals surface area contributed by atoms with Crippen molar-refractivity contribution >= 4 is 17.4 Å². The molecule has 20 heavy (non-hydrogen) atoms. The quantitative estimate of drug-likeness (QED) is 0.596. The van der Waals surface area contributed by atoms with Gasteiger partial charge in [0.25, 0.3) is 5.17 Å². The van der Waals surface area contributed by atoms with Gasteiger partial charge in [-0.15, -0.1) is 0 Å². The normalized spacial score (nSPS) is 10.5. The molecule has 0 aliphatic carbocycles. The van der Waals surface area contributed by atoms with Gasteiger partial charge in [0.1, 0.15) is 5.75 Å². The third-order valence-electron chi connectivity index (χ3n) is 2.74. The van der Waals surface area contributed by atoms with Gasteiger partial charge >= 0.3 is 0 Å². The summed E-state index contributed by atoms with van der Waals surface area (Å²) in [7, 11) is 3.73. The minimum Gasteiger partial charge on any atom is -0.432 e. The second kappa shape index (κ2) is 9.20. The summed E-state index contributed by atoms with van der Waals surface area (Å²) >= 11 is 5.10. The average Bonchev–Trinajstić information content (AvgIpc) is 2.44. The molecule has 0 spiro atoms. The number of thiocarbonyl (C=S) groups is 1. The van der Waals surface area contributed by atoms with Crippen LogP contribution in [0.25, 0.3) is 0 Å². The molecule has 1 rings (SSSR count). The van der Waals surface area contributed by atoms with Gasteiger partial charge in [0.15, 0.2) is 0 Å². The number of hydrogen-bond acceptors (Lipinski definition) is 4. The molecule has 0 aliphatic rings. The van der Waals surface area contributed by atoms with Gasteiger partial charge in [0.05, 0.1) is 0 Å². The highest BCUT2D eigenvalue weighted by molar-refractivity contribution is 7.80. The lowest BCUT2D eigenvalue weighted by atomic mass is 10.1. The van der Waals surface area contributed by atoms with E-state index in [-0.39, 0.29) is 0 Å². The number of unbranched alkanes of at least 4 members (excludes halogenated alkanes) is 1. The summed E-state index contributed by atoms with van der Waals surface area (Å²) in [4.78, 5) is 1.77. The van der Waals surface area contributed by atoms with Gasteiger partial charge in [-0.05, 0) is 49.2 Å². The minimum absolute atomic E-state index is 0.469. The fourth-order valence-corrected chi connectivity index (χ4v) is 1.72. The van der Waals surface area contributed by atoms with Crippen LogP contribution >= 0.6 is 12.2 Å². The van der Waals surface area contributed by atoms with Gasteiger partial charge in [0.2, 0.25) is 0 Å². The summed E-state index contributed by atoms with van der Waals surface area (Å²) in [5, 5.41) is 3.59.